The maximum absolute atomic E-state index is 12.4. The molecule has 0 aliphatic carbocycles. The molecule has 1 unspecified atom stereocenters. The van der Waals surface area contributed by atoms with Crippen LogP contribution in [0.15, 0.2) is 21.7 Å². The molecule has 0 radical (unpaired) electrons. The average Bonchev–Trinajstić information content (AvgIpc) is 2.91. The van der Waals surface area contributed by atoms with Gasteiger partial charge in [-0.15, -0.1) is 11.3 Å². The van der Waals surface area contributed by atoms with Crippen molar-refractivity contribution in [2.24, 2.45) is 0 Å². The molecule has 1 fully saturated rings. The summed E-state index contributed by atoms with van der Waals surface area (Å²) in [4.78, 5) is 0. The number of nitrogens with one attached hydrogen (secondary N) is 1. The van der Waals surface area contributed by atoms with Gasteiger partial charge in [-0.2, -0.15) is 4.31 Å². The molecule has 6 heteroatoms. The van der Waals surface area contributed by atoms with Crippen LogP contribution in [0.1, 0.15) is 26.2 Å². The van der Waals surface area contributed by atoms with Gasteiger partial charge in [0.1, 0.15) is 4.21 Å². The van der Waals surface area contributed by atoms with Crippen molar-refractivity contribution >= 4 is 21.4 Å². The third-order valence-electron chi connectivity index (χ3n) is 3.28. The predicted octanol–water partition coefficient (Wildman–Crippen LogP) is 1.90. The van der Waals surface area contributed by atoms with Crippen molar-refractivity contribution < 1.29 is 8.42 Å². The van der Waals surface area contributed by atoms with Gasteiger partial charge in [-0.05, 0) is 30.8 Å². The van der Waals surface area contributed by atoms with Gasteiger partial charge in [-0.3, -0.25) is 0 Å². The number of hydrogen-bond acceptors (Lipinski definition) is 4. The molecular formula is C12H20N2O2S2. The predicted molar refractivity (Wildman–Crippen MR) is 74.4 cm³/mol. The Labute approximate surface area is 113 Å². The maximum Gasteiger partial charge on any atom is 0.252 e. The van der Waals surface area contributed by atoms with Crippen LogP contribution in [0.4, 0.5) is 0 Å². The highest BCUT2D eigenvalue weighted by molar-refractivity contribution is 7.91. The van der Waals surface area contributed by atoms with Gasteiger partial charge in [0.2, 0.25) is 0 Å². The lowest BCUT2D eigenvalue weighted by molar-refractivity contribution is 0.320. The van der Waals surface area contributed by atoms with Gasteiger partial charge in [-0.25, -0.2) is 8.42 Å². The molecule has 0 aromatic carbocycles. The fourth-order valence-electron chi connectivity index (χ4n) is 2.26. The Balaban J connectivity index is 2.08. The number of rotatable bonds is 5. The van der Waals surface area contributed by atoms with Crippen molar-refractivity contribution in [2.75, 3.05) is 19.6 Å². The van der Waals surface area contributed by atoms with Crippen molar-refractivity contribution in [2.45, 2.75) is 36.4 Å². The van der Waals surface area contributed by atoms with E-state index < -0.39 is 10.0 Å². The Kier molecular flexibility index (Phi) is 4.77. The van der Waals surface area contributed by atoms with E-state index in [-0.39, 0.29) is 0 Å². The molecule has 2 rings (SSSR count). The Morgan fingerprint density at radius 3 is 2.89 bits per heavy atom. The molecule has 0 amide bonds. The van der Waals surface area contributed by atoms with Gasteiger partial charge in [0.15, 0.2) is 0 Å². The molecule has 1 aliphatic rings. The molecule has 2 heterocycles. The maximum atomic E-state index is 12.4. The molecule has 1 aromatic rings. The third kappa shape index (κ3) is 3.12. The lowest BCUT2D eigenvalue weighted by atomic mass is 10.1. The molecule has 0 bridgehead atoms. The molecule has 18 heavy (non-hydrogen) atoms. The number of piperidine rings is 1. The van der Waals surface area contributed by atoms with Crippen LogP contribution in [-0.2, 0) is 10.0 Å². The lowest BCUT2D eigenvalue weighted by Gasteiger charge is -2.29. The standard InChI is InChI=1S/C12H20N2O2S2/c1-2-14(10-11-6-3-4-8-13-11)18(15,16)12-7-5-9-17-12/h5,7,9,11,13H,2-4,6,8,10H2,1H3. The Hall–Kier alpha value is -0.430. The summed E-state index contributed by atoms with van der Waals surface area (Å²) in [6.07, 6.45) is 3.45. The highest BCUT2D eigenvalue weighted by atomic mass is 32.2. The van der Waals surface area contributed by atoms with Gasteiger partial charge in [0, 0.05) is 19.1 Å². The van der Waals surface area contributed by atoms with E-state index in [4.69, 9.17) is 0 Å². The number of nitrogens with zero attached hydrogens (tertiary/aromatic N) is 1. The van der Waals surface area contributed by atoms with Crippen molar-refractivity contribution in [3.63, 3.8) is 0 Å². The summed E-state index contributed by atoms with van der Waals surface area (Å²) >= 11 is 1.29. The van der Waals surface area contributed by atoms with Crippen molar-refractivity contribution in [3.8, 4) is 0 Å². The molecule has 1 aliphatic heterocycles. The van der Waals surface area contributed by atoms with Crippen molar-refractivity contribution in [3.05, 3.63) is 17.5 Å². The van der Waals surface area contributed by atoms with Crippen LogP contribution < -0.4 is 5.32 Å². The van der Waals surface area contributed by atoms with E-state index in [0.29, 0.717) is 23.3 Å². The smallest absolute Gasteiger partial charge is 0.252 e. The topological polar surface area (TPSA) is 49.4 Å². The fourth-order valence-corrected chi connectivity index (χ4v) is 4.90. The Bertz CT molecular complexity index is 450. The summed E-state index contributed by atoms with van der Waals surface area (Å²) in [6.45, 7) is 4.00. The van der Waals surface area contributed by atoms with Gasteiger partial charge >= 0.3 is 0 Å². The first kappa shape index (κ1) is 14.0. The van der Waals surface area contributed by atoms with Gasteiger partial charge in [-0.1, -0.05) is 19.4 Å². The first-order valence-electron chi connectivity index (χ1n) is 6.41. The van der Waals surface area contributed by atoms with Crippen molar-refractivity contribution in [1.29, 1.82) is 0 Å². The second-order valence-corrected chi connectivity index (χ2v) is 7.65. The molecule has 0 saturated carbocycles. The molecular weight excluding hydrogens is 268 g/mol. The van der Waals surface area contributed by atoms with Crippen LogP contribution in [0.2, 0.25) is 0 Å². The summed E-state index contributed by atoms with van der Waals surface area (Å²) in [5.41, 5.74) is 0. The monoisotopic (exact) mass is 288 g/mol. The lowest BCUT2D eigenvalue weighted by Crippen LogP contribution is -2.45. The summed E-state index contributed by atoms with van der Waals surface area (Å²) in [6, 6.07) is 3.76. The van der Waals surface area contributed by atoms with E-state index >= 15 is 0 Å². The summed E-state index contributed by atoms with van der Waals surface area (Å²) in [5.74, 6) is 0. The largest absolute Gasteiger partial charge is 0.313 e. The molecule has 102 valence electrons. The van der Waals surface area contributed by atoms with Gasteiger partial charge in [0.05, 0.1) is 0 Å². The zero-order chi connectivity index (χ0) is 13.0. The quantitative estimate of drug-likeness (QED) is 0.900. The second kappa shape index (κ2) is 6.14. The summed E-state index contributed by atoms with van der Waals surface area (Å²) in [5, 5.41) is 5.20. The molecule has 0 spiro atoms. The van der Waals surface area contributed by atoms with Gasteiger partial charge < -0.3 is 5.32 Å². The third-order valence-corrected chi connectivity index (χ3v) is 6.59. The number of thiophene rings is 1. The molecule has 1 atom stereocenters. The number of sulfonamides is 1. The van der Waals surface area contributed by atoms with E-state index in [0.717, 1.165) is 13.0 Å². The van der Waals surface area contributed by atoms with Crippen LogP contribution in [-0.4, -0.2) is 38.4 Å². The SMILES string of the molecule is CCN(CC1CCCCN1)S(=O)(=O)c1cccs1. The van der Waals surface area contributed by atoms with Crippen LogP contribution in [0.5, 0.6) is 0 Å². The van der Waals surface area contributed by atoms with E-state index in [1.54, 1.807) is 21.8 Å². The van der Waals surface area contributed by atoms with Crippen LogP contribution >= 0.6 is 11.3 Å². The summed E-state index contributed by atoms with van der Waals surface area (Å²) < 4.78 is 26.8. The minimum absolute atomic E-state index is 0.299. The second-order valence-electron chi connectivity index (χ2n) is 4.53. The van der Waals surface area contributed by atoms with Crippen molar-refractivity contribution in [1.82, 2.24) is 9.62 Å². The number of likely N-dealkylation sites (N-methyl/N-ethyl adjacent to an activating group) is 1. The Morgan fingerprint density at radius 2 is 2.33 bits per heavy atom. The Morgan fingerprint density at radius 1 is 1.50 bits per heavy atom. The van der Waals surface area contributed by atoms with E-state index in [9.17, 15) is 8.42 Å². The average molecular weight is 288 g/mol. The van der Waals surface area contributed by atoms with E-state index in [1.807, 2.05) is 6.92 Å². The minimum Gasteiger partial charge on any atom is -0.313 e. The van der Waals surface area contributed by atoms with E-state index in [1.165, 1.54) is 24.2 Å². The fraction of sp³-hybridized carbons (Fsp3) is 0.667. The zero-order valence-electron chi connectivity index (χ0n) is 10.6. The van der Waals surface area contributed by atoms with Gasteiger partial charge in [0.25, 0.3) is 10.0 Å². The first-order chi connectivity index (χ1) is 8.64. The first-order valence-corrected chi connectivity index (χ1v) is 8.73. The summed E-state index contributed by atoms with van der Waals surface area (Å²) in [7, 11) is -3.30. The molecule has 1 aromatic heterocycles. The van der Waals surface area contributed by atoms with Crippen LogP contribution in [0, 0.1) is 0 Å². The molecule has 1 saturated heterocycles. The van der Waals surface area contributed by atoms with E-state index in [2.05, 4.69) is 5.32 Å². The zero-order valence-corrected chi connectivity index (χ0v) is 12.3. The van der Waals surface area contributed by atoms with Crippen LogP contribution in [0.3, 0.4) is 0 Å². The molecule has 4 nitrogen and oxygen atoms in total. The highest BCUT2D eigenvalue weighted by Gasteiger charge is 2.27. The molecule has 1 N–H and O–H groups in total. The highest BCUT2D eigenvalue weighted by Crippen LogP contribution is 2.21. The van der Waals surface area contributed by atoms with Crippen LogP contribution in [0.25, 0.3) is 0 Å². The number of hydrogen-bond donors (Lipinski definition) is 1. The minimum atomic E-state index is -3.30. The normalized spacial score (nSPS) is 21.3.